The highest BCUT2D eigenvalue weighted by molar-refractivity contribution is 5.29. The number of ether oxygens (including phenoxy) is 1. The monoisotopic (exact) mass is 224 g/mol. The second-order valence-corrected chi connectivity index (χ2v) is 3.84. The van der Waals surface area contributed by atoms with E-state index in [2.05, 4.69) is 22.2 Å². The van der Waals surface area contributed by atoms with Crippen LogP contribution in [-0.4, -0.2) is 43.8 Å². The van der Waals surface area contributed by atoms with Gasteiger partial charge in [0.1, 0.15) is 0 Å². The summed E-state index contributed by atoms with van der Waals surface area (Å²) in [7, 11) is 5.57. The third kappa shape index (κ3) is 3.43. The third-order valence-corrected chi connectivity index (χ3v) is 2.46. The zero-order valence-corrected chi connectivity index (χ0v) is 10.4. The topological polar surface area (TPSA) is 50.3 Å². The van der Waals surface area contributed by atoms with Crippen molar-refractivity contribution in [3.05, 3.63) is 18.0 Å². The van der Waals surface area contributed by atoms with E-state index in [-0.39, 0.29) is 6.04 Å². The molecule has 90 valence electrons. The Bertz CT molecular complexity index is 301. The van der Waals surface area contributed by atoms with Gasteiger partial charge in [0.2, 0.25) is 5.95 Å². The van der Waals surface area contributed by atoms with Crippen molar-refractivity contribution < 1.29 is 4.74 Å². The molecule has 1 heterocycles. The van der Waals surface area contributed by atoms with Crippen LogP contribution in [0, 0.1) is 0 Å². The fourth-order valence-corrected chi connectivity index (χ4v) is 1.38. The molecule has 0 saturated heterocycles. The molecule has 0 fully saturated rings. The zero-order chi connectivity index (χ0) is 12.0. The van der Waals surface area contributed by atoms with Crippen LogP contribution >= 0.6 is 0 Å². The van der Waals surface area contributed by atoms with Gasteiger partial charge in [0, 0.05) is 38.7 Å². The summed E-state index contributed by atoms with van der Waals surface area (Å²) in [6.07, 6.45) is 3.68. The van der Waals surface area contributed by atoms with Gasteiger partial charge >= 0.3 is 0 Å². The van der Waals surface area contributed by atoms with Crippen molar-refractivity contribution in [3.63, 3.8) is 0 Å². The van der Waals surface area contributed by atoms with E-state index in [0.29, 0.717) is 6.61 Å². The summed E-state index contributed by atoms with van der Waals surface area (Å²) >= 11 is 0. The van der Waals surface area contributed by atoms with Crippen molar-refractivity contribution in [3.8, 4) is 0 Å². The van der Waals surface area contributed by atoms with E-state index < -0.39 is 0 Å². The molecule has 5 nitrogen and oxygen atoms in total. The molecule has 0 amide bonds. The van der Waals surface area contributed by atoms with Gasteiger partial charge in [-0.2, -0.15) is 0 Å². The molecule has 1 aromatic rings. The molecule has 0 aliphatic rings. The molecule has 0 aliphatic heterocycles. The lowest BCUT2D eigenvalue weighted by Gasteiger charge is -2.24. The molecule has 1 atom stereocenters. The molecular weight excluding hydrogens is 204 g/mol. The quantitative estimate of drug-likeness (QED) is 0.769. The normalized spacial score (nSPS) is 12.5. The number of nitrogens with one attached hydrogen (secondary N) is 1. The summed E-state index contributed by atoms with van der Waals surface area (Å²) in [5.41, 5.74) is 1.08. The minimum Gasteiger partial charge on any atom is -0.383 e. The lowest BCUT2D eigenvalue weighted by Crippen LogP contribution is -2.33. The Labute approximate surface area is 96.8 Å². The van der Waals surface area contributed by atoms with E-state index in [4.69, 9.17) is 4.74 Å². The van der Waals surface area contributed by atoms with Gasteiger partial charge in [-0.25, -0.2) is 9.97 Å². The highest BCUT2D eigenvalue weighted by Crippen LogP contribution is 2.08. The first-order chi connectivity index (χ1) is 7.69. The Morgan fingerprint density at radius 3 is 2.56 bits per heavy atom. The molecular formula is C11H20N4O. The summed E-state index contributed by atoms with van der Waals surface area (Å²) in [6.45, 7) is 3.53. The molecule has 1 N–H and O–H groups in total. The van der Waals surface area contributed by atoms with E-state index in [1.807, 2.05) is 31.4 Å². The fraction of sp³-hybridized carbons (Fsp3) is 0.636. The van der Waals surface area contributed by atoms with Gasteiger partial charge in [-0.05, 0) is 14.0 Å². The van der Waals surface area contributed by atoms with Crippen LogP contribution in [0.4, 0.5) is 5.95 Å². The Balaban J connectivity index is 2.65. The van der Waals surface area contributed by atoms with Gasteiger partial charge in [0.25, 0.3) is 0 Å². The molecule has 0 radical (unpaired) electrons. The van der Waals surface area contributed by atoms with Gasteiger partial charge in [-0.1, -0.05) is 0 Å². The van der Waals surface area contributed by atoms with E-state index in [9.17, 15) is 0 Å². The van der Waals surface area contributed by atoms with Gasteiger partial charge < -0.3 is 15.0 Å². The second-order valence-electron chi connectivity index (χ2n) is 3.84. The summed E-state index contributed by atoms with van der Waals surface area (Å²) in [6, 6.07) is 0.264. The van der Waals surface area contributed by atoms with Crippen LogP contribution in [0.25, 0.3) is 0 Å². The van der Waals surface area contributed by atoms with Gasteiger partial charge in [-0.15, -0.1) is 0 Å². The molecule has 0 aliphatic carbocycles. The second kappa shape index (κ2) is 6.40. The van der Waals surface area contributed by atoms with Crippen molar-refractivity contribution >= 4 is 5.95 Å². The first-order valence-corrected chi connectivity index (χ1v) is 5.36. The predicted molar refractivity (Wildman–Crippen MR) is 64.5 cm³/mol. The summed E-state index contributed by atoms with van der Waals surface area (Å²) in [5.74, 6) is 0.726. The maximum atomic E-state index is 5.10. The van der Waals surface area contributed by atoms with Crippen LogP contribution in [-0.2, 0) is 11.3 Å². The number of aromatic nitrogens is 2. The number of rotatable bonds is 6. The van der Waals surface area contributed by atoms with Crippen molar-refractivity contribution in [1.82, 2.24) is 15.3 Å². The average Bonchev–Trinajstić information content (AvgIpc) is 2.30. The number of likely N-dealkylation sites (N-methyl/N-ethyl adjacent to an activating group) is 1. The molecule has 1 rings (SSSR count). The SMILES string of the molecule is CNCc1cnc(N(C)C(C)COC)nc1. The number of hydrogen-bond donors (Lipinski definition) is 1. The Kier molecular flexibility index (Phi) is 5.14. The highest BCUT2D eigenvalue weighted by Gasteiger charge is 2.11. The van der Waals surface area contributed by atoms with E-state index in [1.54, 1.807) is 7.11 Å². The summed E-state index contributed by atoms with van der Waals surface area (Å²) in [5, 5.41) is 3.06. The molecule has 1 unspecified atom stereocenters. The molecule has 0 bridgehead atoms. The lowest BCUT2D eigenvalue weighted by molar-refractivity contribution is 0.183. The number of hydrogen-bond acceptors (Lipinski definition) is 5. The Morgan fingerprint density at radius 1 is 1.44 bits per heavy atom. The first kappa shape index (κ1) is 12.9. The highest BCUT2D eigenvalue weighted by atomic mass is 16.5. The van der Waals surface area contributed by atoms with Crippen LogP contribution in [0.1, 0.15) is 12.5 Å². The summed E-state index contributed by atoms with van der Waals surface area (Å²) in [4.78, 5) is 10.6. The Morgan fingerprint density at radius 2 is 2.06 bits per heavy atom. The maximum absolute atomic E-state index is 5.10. The lowest BCUT2D eigenvalue weighted by atomic mass is 10.3. The standard InChI is InChI=1S/C11H20N4O/c1-9(8-16-4)15(3)11-13-6-10(5-12-2)7-14-11/h6-7,9,12H,5,8H2,1-4H3. The zero-order valence-electron chi connectivity index (χ0n) is 10.4. The number of anilines is 1. The third-order valence-electron chi connectivity index (χ3n) is 2.46. The van der Waals surface area contributed by atoms with Crippen molar-refractivity contribution in [1.29, 1.82) is 0 Å². The number of methoxy groups -OCH3 is 1. The Hall–Kier alpha value is -1.20. The van der Waals surface area contributed by atoms with Crippen molar-refractivity contribution in [2.45, 2.75) is 19.5 Å². The van der Waals surface area contributed by atoms with E-state index >= 15 is 0 Å². The fourth-order valence-electron chi connectivity index (χ4n) is 1.38. The van der Waals surface area contributed by atoms with Gasteiger partial charge in [0.05, 0.1) is 12.6 Å². The summed E-state index contributed by atoms with van der Waals surface area (Å²) < 4.78 is 5.10. The first-order valence-electron chi connectivity index (χ1n) is 5.36. The molecule has 0 saturated carbocycles. The molecule has 0 spiro atoms. The van der Waals surface area contributed by atoms with E-state index in [1.165, 1.54) is 0 Å². The van der Waals surface area contributed by atoms with Gasteiger partial charge in [-0.3, -0.25) is 0 Å². The van der Waals surface area contributed by atoms with Crippen LogP contribution in [0.3, 0.4) is 0 Å². The smallest absolute Gasteiger partial charge is 0.225 e. The molecule has 1 aromatic heterocycles. The van der Waals surface area contributed by atoms with Crippen molar-refractivity contribution in [2.75, 3.05) is 32.7 Å². The van der Waals surface area contributed by atoms with E-state index in [0.717, 1.165) is 18.1 Å². The van der Waals surface area contributed by atoms with Crippen molar-refractivity contribution in [2.24, 2.45) is 0 Å². The van der Waals surface area contributed by atoms with Gasteiger partial charge in [0.15, 0.2) is 0 Å². The number of nitrogens with zero attached hydrogens (tertiary/aromatic N) is 3. The van der Waals surface area contributed by atoms with Crippen LogP contribution in [0.15, 0.2) is 12.4 Å². The van der Waals surface area contributed by atoms with Crippen LogP contribution in [0.2, 0.25) is 0 Å². The largest absolute Gasteiger partial charge is 0.383 e. The van der Waals surface area contributed by atoms with Crippen LogP contribution in [0.5, 0.6) is 0 Å². The molecule has 5 heteroatoms. The minimum absolute atomic E-state index is 0.264. The molecule has 0 aromatic carbocycles. The predicted octanol–water partition coefficient (Wildman–Crippen LogP) is 0.667. The maximum Gasteiger partial charge on any atom is 0.225 e. The average molecular weight is 224 g/mol. The minimum atomic E-state index is 0.264. The molecule has 16 heavy (non-hydrogen) atoms. The van der Waals surface area contributed by atoms with Crippen LogP contribution < -0.4 is 10.2 Å².